The van der Waals surface area contributed by atoms with E-state index in [1.807, 2.05) is 72.5 Å². The molecule has 3 aromatic rings. The van der Waals surface area contributed by atoms with Crippen molar-refractivity contribution >= 4 is 23.1 Å². The van der Waals surface area contributed by atoms with Crippen LogP contribution in [0.4, 0.5) is 17.2 Å². The molecule has 6 heteroatoms. The predicted molar refractivity (Wildman–Crippen MR) is 128 cm³/mol. The zero-order valence-electron chi connectivity index (χ0n) is 18.5. The topological polar surface area (TPSA) is 80.5 Å². The summed E-state index contributed by atoms with van der Waals surface area (Å²) >= 11 is 0. The van der Waals surface area contributed by atoms with Crippen molar-refractivity contribution in [2.75, 3.05) is 24.1 Å². The maximum atomic E-state index is 12.1. The number of carbonyl (C=O) groups excluding carboxylic acids is 1. The average Bonchev–Trinajstić information content (AvgIpc) is 2.83. The maximum absolute atomic E-state index is 12.1. The molecule has 0 radical (unpaired) electrons. The van der Waals surface area contributed by atoms with Gasteiger partial charge in [-0.1, -0.05) is 25.1 Å². The minimum absolute atomic E-state index is 0.236. The fourth-order valence-electron chi connectivity index (χ4n) is 4.20. The first-order chi connectivity index (χ1) is 15.6. The second-order valence-corrected chi connectivity index (χ2v) is 8.20. The normalized spacial score (nSPS) is 15.9. The van der Waals surface area contributed by atoms with E-state index in [1.54, 1.807) is 6.20 Å². The number of hydrogen-bond acceptors (Lipinski definition) is 5. The van der Waals surface area contributed by atoms with Crippen molar-refractivity contribution < 1.29 is 9.53 Å². The van der Waals surface area contributed by atoms with Gasteiger partial charge in [0, 0.05) is 31.4 Å². The number of benzene rings is 2. The molecule has 1 aromatic heterocycles. The standard InChI is InChI=1S/C26H30N4O2/c1-2-24(31)30-16-6-7-19(18-30)17-20-14-15-28-26(27)25(20)29-21-10-12-23(13-11-21)32-22-8-4-3-5-9-22/h3-5,8-15,19,29H,2,6-7,16-18H2,1H3,(H2,27,28)/t19-/m0/s1. The molecule has 3 N–H and O–H groups in total. The highest BCUT2D eigenvalue weighted by Gasteiger charge is 2.24. The van der Waals surface area contributed by atoms with Crippen molar-refractivity contribution in [3.63, 3.8) is 0 Å². The van der Waals surface area contributed by atoms with Crippen LogP contribution < -0.4 is 15.8 Å². The molecule has 1 aliphatic heterocycles. The summed E-state index contributed by atoms with van der Waals surface area (Å²) in [6.07, 6.45) is 5.33. The Kier molecular flexibility index (Phi) is 6.90. The molecule has 1 atom stereocenters. The molecule has 1 fully saturated rings. The second-order valence-electron chi connectivity index (χ2n) is 8.20. The number of carbonyl (C=O) groups is 1. The first kappa shape index (κ1) is 21.7. The van der Waals surface area contributed by atoms with Gasteiger partial charge in [-0.25, -0.2) is 4.98 Å². The zero-order valence-corrected chi connectivity index (χ0v) is 18.5. The summed E-state index contributed by atoms with van der Waals surface area (Å²) < 4.78 is 5.87. The second kappa shape index (κ2) is 10.2. The molecule has 1 amide bonds. The number of piperidine rings is 1. The van der Waals surface area contributed by atoms with Crippen LogP contribution in [0, 0.1) is 5.92 Å². The van der Waals surface area contributed by atoms with Crippen molar-refractivity contribution in [2.45, 2.75) is 32.6 Å². The number of amides is 1. The van der Waals surface area contributed by atoms with E-state index in [1.165, 1.54) is 0 Å². The first-order valence-electron chi connectivity index (χ1n) is 11.2. The predicted octanol–water partition coefficient (Wildman–Crippen LogP) is 5.39. The Bertz CT molecular complexity index is 1040. The van der Waals surface area contributed by atoms with E-state index in [9.17, 15) is 4.79 Å². The smallest absolute Gasteiger partial charge is 0.222 e. The Balaban J connectivity index is 1.45. The van der Waals surface area contributed by atoms with Crippen LogP contribution in [0.2, 0.25) is 0 Å². The lowest BCUT2D eigenvalue weighted by Gasteiger charge is -2.33. The van der Waals surface area contributed by atoms with Gasteiger partial charge in [0.2, 0.25) is 5.91 Å². The molecule has 1 saturated heterocycles. The highest BCUT2D eigenvalue weighted by atomic mass is 16.5. The molecule has 0 unspecified atom stereocenters. The molecule has 2 aromatic carbocycles. The fraction of sp³-hybridized carbons (Fsp3) is 0.308. The van der Waals surface area contributed by atoms with Crippen LogP contribution in [0.25, 0.3) is 0 Å². The highest BCUT2D eigenvalue weighted by molar-refractivity contribution is 5.76. The van der Waals surface area contributed by atoms with Gasteiger partial charge in [0.05, 0.1) is 5.69 Å². The Morgan fingerprint density at radius 1 is 1.12 bits per heavy atom. The number of pyridine rings is 1. The number of nitrogens with zero attached hydrogens (tertiary/aromatic N) is 2. The number of nitrogens with one attached hydrogen (secondary N) is 1. The zero-order chi connectivity index (χ0) is 22.3. The van der Waals surface area contributed by atoms with Crippen LogP contribution in [0.5, 0.6) is 11.5 Å². The van der Waals surface area contributed by atoms with Crippen LogP contribution in [-0.4, -0.2) is 28.9 Å². The molecule has 0 aliphatic carbocycles. The third-order valence-corrected chi connectivity index (χ3v) is 5.85. The molecule has 0 bridgehead atoms. The Labute approximate surface area is 189 Å². The number of para-hydroxylation sites is 1. The van der Waals surface area contributed by atoms with Crippen LogP contribution in [0.3, 0.4) is 0 Å². The van der Waals surface area contributed by atoms with E-state index < -0.39 is 0 Å². The molecule has 2 heterocycles. The summed E-state index contributed by atoms with van der Waals surface area (Å²) in [7, 11) is 0. The molecule has 1 aliphatic rings. The van der Waals surface area contributed by atoms with E-state index >= 15 is 0 Å². The monoisotopic (exact) mass is 430 g/mol. The SMILES string of the molecule is CCC(=O)N1CCC[C@@H](Cc2ccnc(N)c2Nc2ccc(Oc3ccccc3)cc2)C1. The summed E-state index contributed by atoms with van der Waals surface area (Å²) in [6, 6.07) is 19.5. The van der Waals surface area contributed by atoms with Crippen molar-refractivity contribution in [1.82, 2.24) is 9.88 Å². The van der Waals surface area contributed by atoms with E-state index in [0.29, 0.717) is 18.2 Å². The summed E-state index contributed by atoms with van der Waals surface area (Å²) in [5, 5.41) is 3.44. The molecular formula is C26H30N4O2. The number of nitrogens with two attached hydrogens (primary N) is 1. The lowest BCUT2D eigenvalue weighted by molar-refractivity contribution is -0.132. The van der Waals surface area contributed by atoms with E-state index in [4.69, 9.17) is 10.5 Å². The van der Waals surface area contributed by atoms with Gasteiger partial charge in [0.1, 0.15) is 17.3 Å². The van der Waals surface area contributed by atoms with Crippen LogP contribution >= 0.6 is 0 Å². The Morgan fingerprint density at radius 3 is 2.62 bits per heavy atom. The van der Waals surface area contributed by atoms with Gasteiger partial charge >= 0.3 is 0 Å². The number of anilines is 3. The lowest BCUT2D eigenvalue weighted by Crippen LogP contribution is -2.40. The van der Waals surface area contributed by atoms with Gasteiger partial charge < -0.3 is 20.7 Å². The Hall–Kier alpha value is -3.54. The molecule has 0 spiro atoms. The Morgan fingerprint density at radius 2 is 1.88 bits per heavy atom. The van der Waals surface area contributed by atoms with Gasteiger partial charge in [0.25, 0.3) is 0 Å². The number of hydrogen-bond donors (Lipinski definition) is 2. The minimum Gasteiger partial charge on any atom is -0.457 e. The van der Waals surface area contributed by atoms with E-state index in [-0.39, 0.29) is 5.91 Å². The van der Waals surface area contributed by atoms with Crippen molar-refractivity contribution in [2.24, 2.45) is 5.92 Å². The third kappa shape index (κ3) is 5.38. The van der Waals surface area contributed by atoms with Crippen molar-refractivity contribution in [3.05, 3.63) is 72.4 Å². The fourth-order valence-corrected chi connectivity index (χ4v) is 4.20. The van der Waals surface area contributed by atoms with Gasteiger partial charge in [-0.3, -0.25) is 4.79 Å². The molecule has 32 heavy (non-hydrogen) atoms. The van der Waals surface area contributed by atoms with E-state index in [2.05, 4.69) is 10.3 Å². The number of ether oxygens (including phenoxy) is 1. The summed E-state index contributed by atoms with van der Waals surface area (Å²) in [5.74, 6) is 2.70. The van der Waals surface area contributed by atoms with Gasteiger partial charge in [-0.05, 0) is 73.2 Å². The van der Waals surface area contributed by atoms with Crippen LogP contribution in [-0.2, 0) is 11.2 Å². The minimum atomic E-state index is 0.236. The largest absolute Gasteiger partial charge is 0.457 e. The summed E-state index contributed by atoms with van der Waals surface area (Å²) in [6.45, 7) is 3.59. The highest BCUT2D eigenvalue weighted by Crippen LogP contribution is 2.31. The lowest BCUT2D eigenvalue weighted by atomic mass is 9.90. The number of likely N-dealkylation sites (tertiary alicyclic amines) is 1. The first-order valence-corrected chi connectivity index (χ1v) is 11.2. The molecular weight excluding hydrogens is 400 g/mol. The van der Waals surface area contributed by atoms with Crippen LogP contribution in [0.1, 0.15) is 31.7 Å². The molecule has 6 nitrogen and oxygen atoms in total. The third-order valence-electron chi connectivity index (χ3n) is 5.85. The molecule has 4 rings (SSSR count). The summed E-state index contributed by atoms with van der Waals surface area (Å²) in [4.78, 5) is 18.4. The number of rotatable bonds is 7. The van der Waals surface area contributed by atoms with Gasteiger partial charge in [0.15, 0.2) is 0 Å². The van der Waals surface area contributed by atoms with E-state index in [0.717, 1.165) is 60.8 Å². The molecule has 0 saturated carbocycles. The quantitative estimate of drug-likeness (QED) is 0.525. The van der Waals surface area contributed by atoms with Crippen LogP contribution in [0.15, 0.2) is 66.9 Å². The van der Waals surface area contributed by atoms with Crippen molar-refractivity contribution in [1.29, 1.82) is 0 Å². The molecule has 166 valence electrons. The number of nitrogen functional groups attached to an aromatic ring is 1. The number of aromatic nitrogens is 1. The van der Waals surface area contributed by atoms with Crippen molar-refractivity contribution in [3.8, 4) is 11.5 Å². The van der Waals surface area contributed by atoms with Gasteiger partial charge in [-0.15, -0.1) is 0 Å². The maximum Gasteiger partial charge on any atom is 0.222 e. The summed E-state index contributed by atoms with van der Waals surface area (Å²) in [5.41, 5.74) is 9.11. The van der Waals surface area contributed by atoms with Gasteiger partial charge in [-0.2, -0.15) is 0 Å². The average molecular weight is 431 g/mol.